The molecule has 6 unspecified atom stereocenters. The van der Waals surface area contributed by atoms with Gasteiger partial charge in [0.2, 0.25) is 47.3 Å². The molecule has 0 N–H and O–H groups in total. The van der Waals surface area contributed by atoms with Gasteiger partial charge in [0.05, 0.1) is 12.5 Å². The molecule has 6 saturated heterocycles. The molecule has 0 aromatic carbocycles. The monoisotopic (exact) mass is 995 g/mol. The Morgan fingerprint density at radius 3 is 0.803 bits per heavy atom. The zero-order valence-electron chi connectivity index (χ0n) is 46.2. The lowest BCUT2D eigenvalue weighted by Gasteiger charge is -2.05. The van der Waals surface area contributed by atoms with Crippen molar-refractivity contribution in [2.75, 3.05) is 68.5 Å². The van der Waals surface area contributed by atoms with Crippen molar-refractivity contribution in [2.45, 2.75) is 122 Å². The summed E-state index contributed by atoms with van der Waals surface area (Å²) < 4.78 is 15.0. The molecule has 3 aromatic rings. The van der Waals surface area contributed by atoms with Gasteiger partial charge in [0.25, 0.3) is 0 Å². The van der Waals surface area contributed by atoms with E-state index >= 15 is 0 Å². The van der Waals surface area contributed by atoms with Crippen LogP contribution in [0.2, 0.25) is 0 Å². The summed E-state index contributed by atoms with van der Waals surface area (Å²) in [6.45, 7) is 27.2. The first-order valence-corrected chi connectivity index (χ1v) is 24.6. The van der Waals surface area contributed by atoms with E-state index in [1.54, 1.807) is 46.0 Å². The number of rotatable bonds is 0. The summed E-state index contributed by atoms with van der Waals surface area (Å²) in [5, 5.41) is 0. The van der Waals surface area contributed by atoms with Crippen LogP contribution in [0.25, 0.3) is 0 Å². The van der Waals surface area contributed by atoms with Gasteiger partial charge in [-0.25, -0.2) is 0 Å². The molecule has 71 heavy (non-hydrogen) atoms. The third kappa shape index (κ3) is 23.2. The van der Waals surface area contributed by atoms with E-state index in [4.69, 9.17) is 13.3 Å². The Kier molecular flexibility index (Phi) is 27.2. The average Bonchev–Trinajstić information content (AvgIpc) is 4.23. The first-order chi connectivity index (χ1) is 32.9. The van der Waals surface area contributed by atoms with Crippen molar-refractivity contribution in [1.82, 2.24) is 29.4 Å². The number of carbonyl (C=O) groups excluding carboxylic acids is 8. The van der Waals surface area contributed by atoms with Crippen LogP contribution in [-0.4, -0.2) is 145 Å². The summed E-state index contributed by atoms with van der Waals surface area (Å²) in [6.07, 6.45) is 7.83. The van der Waals surface area contributed by atoms with Crippen LogP contribution in [-0.2, 0) is 38.4 Å². The number of furan rings is 3. The lowest BCUT2D eigenvalue weighted by Crippen LogP contribution is -2.24. The van der Waals surface area contributed by atoms with Gasteiger partial charge in [-0.15, -0.1) is 0 Å². The van der Waals surface area contributed by atoms with Gasteiger partial charge >= 0.3 is 0 Å². The van der Waals surface area contributed by atoms with Crippen LogP contribution >= 0.6 is 0 Å². The summed E-state index contributed by atoms with van der Waals surface area (Å²) in [5.74, 6) is 6.39. The predicted molar refractivity (Wildman–Crippen MR) is 273 cm³/mol. The number of carbonyl (C=O) groups is 8. The smallest absolute Gasteiger partial charge is 0.232 e. The summed E-state index contributed by atoms with van der Waals surface area (Å²) in [4.78, 5) is 95.6. The fourth-order valence-electron chi connectivity index (χ4n) is 7.76. The fraction of sp³-hybridized carbons (Fsp3) is 0.630. The second-order valence-corrected chi connectivity index (χ2v) is 20.0. The maximum Gasteiger partial charge on any atom is 0.232 e. The molecule has 0 saturated carbocycles. The van der Waals surface area contributed by atoms with Crippen molar-refractivity contribution in [1.29, 1.82) is 0 Å². The average molecular weight is 995 g/mol. The second kappa shape index (κ2) is 30.7. The summed E-state index contributed by atoms with van der Waals surface area (Å²) in [6, 6.07) is 7.91. The molecule has 9 heterocycles. The second-order valence-electron chi connectivity index (χ2n) is 20.0. The number of likely N-dealkylation sites (tertiary alicyclic amines) is 6. The van der Waals surface area contributed by atoms with Crippen LogP contribution in [0, 0.1) is 77.0 Å². The number of amides is 8. The Morgan fingerprint density at radius 1 is 0.408 bits per heavy atom. The van der Waals surface area contributed by atoms with Gasteiger partial charge in [-0.05, 0) is 102 Å². The number of nitrogens with zero attached hydrogens (tertiary/aromatic N) is 6. The molecular formula is C54H86N6O11. The molecule has 17 heteroatoms. The van der Waals surface area contributed by atoms with E-state index in [1.165, 1.54) is 35.0 Å². The largest absolute Gasteiger partial charge is 0.469 e. The highest BCUT2D eigenvalue weighted by Crippen LogP contribution is 2.18. The third-order valence-corrected chi connectivity index (χ3v) is 12.3. The zero-order chi connectivity index (χ0) is 54.4. The lowest BCUT2D eigenvalue weighted by molar-refractivity contribution is -0.139. The van der Waals surface area contributed by atoms with Crippen LogP contribution in [0.1, 0.15) is 114 Å². The molecule has 0 bridgehead atoms. The predicted octanol–water partition coefficient (Wildman–Crippen LogP) is 7.65. The summed E-state index contributed by atoms with van der Waals surface area (Å²) in [5.41, 5.74) is 2.38. The fourth-order valence-corrected chi connectivity index (χ4v) is 7.76. The third-order valence-electron chi connectivity index (χ3n) is 12.3. The van der Waals surface area contributed by atoms with Gasteiger partial charge in [-0.1, -0.05) is 41.5 Å². The van der Waals surface area contributed by atoms with Crippen molar-refractivity contribution < 1.29 is 51.6 Å². The van der Waals surface area contributed by atoms with E-state index < -0.39 is 0 Å². The normalized spacial score (nSPS) is 23.1. The Labute approximate surface area is 423 Å². The molecule has 0 spiro atoms. The van der Waals surface area contributed by atoms with E-state index in [9.17, 15) is 38.4 Å². The number of hydrogen-bond acceptors (Lipinski definition) is 11. The maximum absolute atomic E-state index is 10.8. The molecule has 3 aromatic heterocycles. The molecular weight excluding hydrogens is 909 g/mol. The molecule has 17 nitrogen and oxygen atoms in total. The van der Waals surface area contributed by atoms with E-state index in [-0.39, 0.29) is 59.1 Å². The molecule has 398 valence electrons. The molecule has 6 fully saturated rings. The Balaban J connectivity index is 0.000000400. The number of aryl methyl sites for hydroxylation is 6. The first kappa shape index (κ1) is 63.0. The minimum absolute atomic E-state index is 0.0556. The summed E-state index contributed by atoms with van der Waals surface area (Å²) >= 11 is 0. The van der Waals surface area contributed by atoms with E-state index in [0.717, 1.165) is 74.9 Å². The van der Waals surface area contributed by atoms with Crippen LogP contribution in [0.3, 0.4) is 0 Å². The molecule has 0 aliphatic carbocycles. The molecule has 0 radical (unpaired) electrons. The zero-order valence-corrected chi connectivity index (χ0v) is 46.2. The van der Waals surface area contributed by atoms with Crippen molar-refractivity contribution in [3.63, 3.8) is 0 Å². The number of hydrogen-bond donors (Lipinski definition) is 0. The van der Waals surface area contributed by atoms with Gasteiger partial charge in [0.15, 0.2) is 0 Å². The number of imide groups is 2. The SMILES string of the molecule is CC1CC(=O)N(C)C1.CC1CC(=O)N(C)C1.CC1CC(=O)N(C)C1=O.CC1CC(=O)N(C)C1=O.CC1CCN(C)C1=O.CC1CCN(C)C1=O.Cc1ccc(C)o1.Cc1coc(C)c1.Cc1coc(C)c1. The molecule has 9 rings (SSSR count). The minimum atomic E-state index is -0.0949. The van der Waals surface area contributed by atoms with Crippen LogP contribution in [0.5, 0.6) is 0 Å². The van der Waals surface area contributed by atoms with Crippen molar-refractivity contribution in [3.05, 3.63) is 71.0 Å². The van der Waals surface area contributed by atoms with Crippen LogP contribution < -0.4 is 0 Å². The standard InChI is InChI=1S/2C6H9NO2.4C6H11NO.3C6H8O/c2*1-4-3-5(8)7(2)6(4)9;2*1-5-3-6(8)7(2)4-5;2*1-5-3-4-7(2)6(5)8;2*1-5-3-6(2)7-4-5;1-5-3-4-6(2)7-5/h2*4H,3H2,1-2H3;4*5H,3-4H2,1-2H3;3*3-4H,1-2H3. The highest BCUT2D eigenvalue weighted by Gasteiger charge is 2.33. The molecule has 6 aliphatic heterocycles. The topological polar surface area (TPSA) is 195 Å². The first-order valence-electron chi connectivity index (χ1n) is 24.6. The molecule has 8 amide bonds. The van der Waals surface area contributed by atoms with E-state index in [0.29, 0.717) is 36.5 Å². The van der Waals surface area contributed by atoms with Gasteiger partial charge in [0, 0.05) is 118 Å². The van der Waals surface area contributed by atoms with Gasteiger partial charge < -0.3 is 32.9 Å². The van der Waals surface area contributed by atoms with Crippen molar-refractivity contribution in [3.8, 4) is 0 Å². The minimum Gasteiger partial charge on any atom is -0.469 e. The van der Waals surface area contributed by atoms with Crippen LogP contribution in [0.4, 0.5) is 0 Å². The van der Waals surface area contributed by atoms with Gasteiger partial charge in [0.1, 0.15) is 23.0 Å². The maximum atomic E-state index is 10.8. The highest BCUT2D eigenvalue weighted by molar-refractivity contribution is 6.03. The lowest BCUT2D eigenvalue weighted by atomic mass is 10.1. The molecule has 6 aliphatic rings. The quantitative estimate of drug-likeness (QED) is 0.201. The Bertz CT molecular complexity index is 1930. The van der Waals surface area contributed by atoms with Gasteiger partial charge in [-0.3, -0.25) is 48.2 Å². The Hall–Kier alpha value is -6.00. The van der Waals surface area contributed by atoms with Crippen molar-refractivity contribution >= 4 is 47.3 Å². The van der Waals surface area contributed by atoms with Crippen molar-refractivity contribution in [2.24, 2.45) is 35.5 Å². The van der Waals surface area contributed by atoms with E-state index in [2.05, 4.69) is 13.8 Å². The molecule has 6 atom stereocenters. The Morgan fingerprint density at radius 2 is 0.732 bits per heavy atom. The van der Waals surface area contributed by atoms with Crippen LogP contribution in [0.15, 0.2) is 50.0 Å². The highest BCUT2D eigenvalue weighted by atomic mass is 16.3. The van der Waals surface area contributed by atoms with Gasteiger partial charge in [-0.2, -0.15) is 0 Å². The van der Waals surface area contributed by atoms with E-state index in [1.807, 2.05) is 108 Å². The summed E-state index contributed by atoms with van der Waals surface area (Å²) in [7, 11) is 10.5.